The molecule has 0 aliphatic heterocycles. The quantitative estimate of drug-likeness (QED) is 0.384. The molecule has 0 aromatic carbocycles. The van der Waals surface area contributed by atoms with E-state index in [0.29, 0.717) is 23.7 Å². The van der Waals surface area contributed by atoms with Crippen LogP contribution in [0.4, 0.5) is 0 Å². The number of rotatable bonds is 6. The van der Waals surface area contributed by atoms with Gasteiger partial charge in [0.25, 0.3) is 0 Å². The normalized spacial score (nSPS) is 16.0. The Bertz CT molecular complexity index is 417. The summed E-state index contributed by atoms with van der Waals surface area (Å²) in [6.07, 6.45) is 1.55. The van der Waals surface area contributed by atoms with E-state index in [-0.39, 0.29) is 30.5 Å². The van der Waals surface area contributed by atoms with Gasteiger partial charge in [-0.05, 0) is 38.8 Å². The first kappa shape index (κ1) is 20.2. The first-order valence-corrected chi connectivity index (χ1v) is 7.18. The second-order valence-electron chi connectivity index (χ2n) is 5.62. The van der Waals surface area contributed by atoms with Gasteiger partial charge in [0.05, 0.1) is 12.8 Å². The Morgan fingerprint density at radius 2 is 2.10 bits per heavy atom. The topological polar surface area (TPSA) is 69.8 Å². The van der Waals surface area contributed by atoms with Gasteiger partial charge in [-0.15, -0.1) is 24.0 Å². The first-order chi connectivity index (χ1) is 9.36. The fourth-order valence-electron chi connectivity index (χ4n) is 1.60. The third-order valence-corrected chi connectivity index (χ3v) is 3.31. The molecule has 0 saturated carbocycles. The van der Waals surface area contributed by atoms with Gasteiger partial charge in [0, 0.05) is 12.6 Å². The van der Waals surface area contributed by atoms with Crippen LogP contribution in [0.3, 0.4) is 0 Å². The lowest BCUT2D eigenvalue weighted by atomic mass is 10.0. The third-order valence-electron chi connectivity index (χ3n) is 3.31. The van der Waals surface area contributed by atoms with E-state index < -0.39 is 5.60 Å². The molecule has 1 aromatic rings. The van der Waals surface area contributed by atoms with Crippen LogP contribution in [0.1, 0.15) is 40.4 Å². The van der Waals surface area contributed by atoms with Crippen molar-refractivity contribution in [3.05, 3.63) is 24.2 Å². The molecule has 0 radical (unpaired) electrons. The number of halogens is 1. The van der Waals surface area contributed by atoms with Crippen molar-refractivity contribution >= 4 is 29.9 Å². The number of aliphatic hydroxyl groups is 1. The average Bonchev–Trinajstić information content (AvgIpc) is 2.90. The van der Waals surface area contributed by atoms with Gasteiger partial charge in [0.1, 0.15) is 11.4 Å². The largest absolute Gasteiger partial charge is 0.466 e. The summed E-state index contributed by atoms with van der Waals surface area (Å²) < 4.78 is 5.25. The van der Waals surface area contributed by atoms with Crippen molar-refractivity contribution in [3.8, 4) is 0 Å². The lowest BCUT2D eigenvalue weighted by molar-refractivity contribution is 0.0436. The molecule has 0 saturated heterocycles. The van der Waals surface area contributed by atoms with Crippen LogP contribution < -0.4 is 10.6 Å². The predicted octanol–water partition coefficient (Wildman–Crippen LogP) is 2.70. The van der Waals surface area contributed by atoms with Crippen molar-refractivity contribution in [1.29, 1.82) is 0 Å². The standard InChI is InChI=1S/C15H27N3O2.HI/c1-6-16-14(18-12(4)11(2)3)17-10-15(5,19)13-8-7-9-20-13;/h7-9,11-12,19H,6,10H2,1-5H3,(H2,16,17,18);1H. The van der Waals surface area contributed by atoms with Crippen LogP contribution in [0.15, 0.2) is 27.8 Å². The second kappa shape index (κ2) is 9.30. The molecule has 0 spiro atoms. The van der Waals surface area contributed by atoms with Crippen LogP contribution in [0.5, 0.6) is 0 Å². The zero-order chi connectivity index (χ0) is 15.2. The highest BCUT2D eigenvalue weighted by atomic mass is 127. The van der Waals surface area contributed by atoms with Gasteiger partial charge in [-0.2, -0.15) is 0 Å². The molecule has 2 atom stereocenters. The van der Waals surface area contributed by atoms with Gasteiger partial charge in [0.2, 0.25) is 0 Å². The molecule has 21 heavy (non-hydrogen) atoms. The molecule has 1 aromatic heterocycles. The van der Waals surface area contributed by atoms with E-state index in [4.69, 9.17) is 4.42 Å². The molecule has 0 amide bonds. The van der Waals surface area contributed by atoms with Crippen LogP contribution in [0.25, 0.3) is 0 Å². The minimum absolute atomic E-state index is 0. The van der Waals surface area contributed by atoms with Gasteiger partial charge >= 0.3 is 0 Å². The summed E-state index contributed by atoms with van der Waals surface area (Å²) in [5, 5.41) is 16.9. The van der Waals surface area contributed by atoms with E-state index in [9.17, 15) is 5.11 Å². The van der Waals surface area contributed by atoms with Gasteiger partial charge in [-0.1, -0.05) is 13.8 Å². The van der Waals surface area contributed by atoms with Gasteiger partial charge in [-0.25, -0.2) is 4.99 Å². The van der Waals surface area contributed by atoms with E-state index in [1.54, 1.807) is 25.3 Å². The Morgan fingerprint density at radius 3 is 2.57 bits per heavy atom. The highest BCUT2D eigenvalue weighted by Gasteiger charge is 2.26. The summed E-state index contributed by atoms with van der Waals surface area (Å²) in [7, 11) is 0. The predicted molar refractivity (Wildman–Crippen MR) is 97.1 cm³/mol. The van der Waals surface area contributed by atoms with Crippen molar-refractivity contribution in [2.24, 2.45) is 10.9 Å². The maximum absolute atomic E-state index is 10.4. The highest BCUT2D eigenvalue weighted by Crippen LogP contribution is 2.21. The Hall–Kier alpha value is -0.760. The SMILES string of the molecule is CCNC(=NCC(C)(O)c1ccco1)NC(C)C(C)C.I. The molecule has 6 heteroatoms. The maximum atomic E-state index is 10.4. The Balaban J connectivity index is 0.00000400. The smallest absolute Gasteiger partial charge is 0.191 e. The molecule has 5 nitrogen and oxygen atoms in total. The zero-order valence-electron chi connectivity index (χ0n) is 13.5. The summed E-state index contributed by atoms with van der Waals surface area (Å²) in [6, 6.07) is 3.83. The van der Waals surface area contributed by atoms with Crippen LogP contribution in [0.2, 0.25) is 0 Å². The summed E-state index contributed by atoms with van der Waals surface area (Å²) >= 11 is 0. The molecular formula is C15H28IN3O2. The molecule has 1 rings (SSSR count). The van der Waals surface area contributed by atoms with Crippen molar-refractivity contribution in [1.82, 2.24) is 10.6 Å². The molecule has 0 bridgehead atoms. The van der Waals surface area contributed by atoms with Crippen molar-refractivity contribution in [2.75, 3.05) is 13.1 Å². The number of aliphatic imine (C=N–C) groups is 1. The minimum atomic E-state index is -1.10. The van der Waals surface area contributed by atoms with E-state index in [1.807, 2.05) is 6.92 Å². The first-order valence-electron chi connectivity index (χ1n) is 7.18. The van der Waals surface area contributed by atoms with Gasteiger partial charge in [-0.3, -0.25) is 0 Å². The lowest BCUT2D eigenvalue weighted by Gasteiger charge is -2.23. The maximum Gasteiger partial charge on any atom is 0.191 e. The molecule has 0 aliphatic rings. The van der Waals surface area contributed by atoms with E-state index >= 15 is 0 Å². The number of furan rings is 1. The van der Waals surface area contributed by atoms with Gasteiger partial charge < -0.3 is 20.2 Å². The molecule has 2 unspecified atom stereocenters. The molecule has 3 N–H and O–H groups in total. The minimum Gasteiger partial charge on any atom is -0.466 e. The summed E-state index contributed by atoms with van der Waals surface area (Å²) in [5.41, 5.74) is -1.10. The lowest BCUT2D eigenvalue weighted by Crippen LogP contribution is -2.45. The van der Waals surface area contributed by atoms with Crippen LogP contribution in [0, 0.1) is 5.92 Å². The molecular weight excluding hydrogens is 381 g/mol. The summed E-state index contributed by atoms with van der Waals surface area (Å²) in [5.74, 6) is 1.74. The fraction of sp³-hybridized carbons (Fsp3) is 0.667. The van der Waals surface area contributed by atoms with E-state index in [2.05, 4.69) is 36.4 Å². The average molecular weight is 409 g/mol. The van der Waals surface area contributed by atoms with Crippen LogP contribution in [-0.4, -0.2) is 30.2 Å². The number of hydrogen-bond acceptors (Lipinski definition) is 3. The zero-order valence-corrected chi connectivity index (χ0v) is 15.8. The number of nitrogens with one attached hydrogen (secondary N) is 2. The Labute approximate surface area is 144 Å². The Morgan fingerprint density at radius 1 is 1.43 bits per heavy atom. The molecule has 122 valence electrons. The fourth-order valence-corrected chi connectivity index (χ4v) is 1.60. The van der Waals surface area contributed by atoms with Crippen LogP contribution in [-0.2, 0) is 5.60 Å². The molecule has 0 aliphatic carbocycles. The Kier molecular flexibility index (Phi) is 8.96. The van der Waals surface area contributed by atoms with Crippen molar-refractivity contribution < 1.29 is 9.52 Å². The van der Waals surface area contributed by atoms with E-state index in [0.717, 1.165) is 6.54 Å². The number of hydrogen-bond donors (Lipinski definition) is 3. The van der Waals surface area contributed by atoms with E-state index in [1.165, 1.54) is 0 Å². The highest BCUT2D eigenvalue weighted by molar-refractivity contribution is 14.0. The third kappa shape index (κ3) is 6.69. The second-order valence-corrected chi connectivity index (χ2v) is 5.62. The van der Waals surface area contributed by atoms with Gasteiger partial charge in [0.15, 0.2) is 5.96 Å². The monoisotopic (exact) mass is 409 g/mol. The number of guanidine groups is 1. The van der Waals surface area contributed by atoms with Crippen molar-refractivity contribution in [3.63, 3.8) is 0 Å². The van der Waals surface area contributed by atoms with Crippen molar-refractivity contribution in [2.45, 2.75) is 46.3 Å². The summed E-state index contributed by atoms with van der Waals surface area (Å²) in [6.45, 7) is 11.1. The molecule has 0 fully saturated rings. The molecule has 1 heterocycles. The van der Waals surface area contributed by atoms with Crippen LogP contribution >= 0.6 is 24.0 Å². The summed E-state index contributed by atoms with van der Waals surface area (Å²) in [4.78, 5) is 4.45. The number of nitrogens with zero attached hydrogens (tertiary/aromatic N) is 1.